The molecule has 0 aliphatic carbocycles. The molecule has 19 heavy (non-hydrogen) atoms. The lowest BCUT2D eigenvalue weighted by atomic mass is 10.1. The lowest BCUT2D eigenvalue weighted by Crippen LogP contribution is -2.00. The van der Waals surface area contributed by atoms with Crippen molar-refractivity contribution in [3.8, 4) is 0 Å². The molecule has 1 N–H and O–H groups in total. The molecule has 2 aromatic rings. The topological polar surface area (TPSA) is 50.2 Å². The predicted molar refractivity (Wildman–Crippen MR) is 76.9 cm³/mol. The molecule has 3 nitrogen and oxygen atoms in total. The number of hydrogen-bond acceptors (Lipinski definition) is 3. The van der Waals surface area contributed by atoms with E-state index in [-0.39, 0.29) is 0 Å². The Morgan fingerprint density at radius 2 is 2.00 bits per heavy atom. The minimum absolute atomic E-state index is 0.375. The van der Waals surface area contributed by atoms with Crippen LogP contribution in [0.5, 0.6) is 0 Å². The number of aromatic carboxylic acids is 1. The minimum Gasteiger partial charge on any atom is -0.477 e. The number of carboxylic acid groups (broad SMARTS) is 1. The summed E-state index contributed by atoms with van der Waals surface area (Å²) in [6.45, 7) is 4.22. The summed E-state index contributed by atoms with van der Waals surface area (Å²) >= 11 is 1.30. The minimum atomic E-state index is -0.876. The second-order valence-electron chi connectivity index (χ2n) is 4.95. The summed E-state index contributed by atoms with van der Waals surface area (Å²) in [5.41, 5.74) is 1.77. The van der Waals surface area contributed by atoms with Gasteiger partial charge in [0, 0.05) is 12.8 Å². The lowest BCUT2D eigenvalue weighted by molar-refractivity contribution is 0.0701. The number of carboxylic acids is 1. The first-order valence-electron chi connectivity index (χ1n) is 6.32. The molecule has 0 spiro atoms. The van der Waals surface area contributed by atoms with Gasteiger partial charge in [-0.1, -0.05) is 44.2 Å². The Bertz CT molecular complexity index is 561. The molecule has 0 aliphatic rings. The maximum Gasteiger partial charge on any atom is 0.347 e. The summed E-state index contributed by atoms with van der Waals surface area (Å²) in [6.07, 6.45) is 1.41. The van der Waals surface area contributed by atoms with Crippen molar-refractivity contribution in [1.29, 1.82) is 0 Å². The molecule has 0 saturated heterocycles. The van der Waals surface area contributed by atoms with Gasteiger partial charge in [0.2, 0.25) is 0 Å². The van der Waals surface area contributed by atoms with E-state index in [9.17, 15) is 9.90 Å². The number of nitrogens with zero attached hydrogens (tertiary/aromatic N) is 1. The second kappa shape index (κ2) is 5.97. The van der Waals surface area contributed by atoms with Crippen LogP contribution in [-0.2, 0) is 12.8 Å². The van der Waals surface area contributed by atoms with E-state index >= 15 is 0 Å². The van der Waals surface area contributed by atoms with Crippen LogP contribution in [0.4, 0.5) is 0 Å². The standard InChI is InChI=1S/C15H17NO2S/c1-10(2)8-13-16-12(14(19-13)15(17)18)9-11-6-4-3-5-7-11/h3-7,10H,8-9H2,1-2H3,(H,17,18). The third-order valence-electron chi connectivity index (χ3n) is 2.73. The molecule has 0 aliphatic heterocycles. The van der Waals surface area contributed by atoms with Gasteiger partial charge in [-0.25, -0.2) is 9.78 Å². The molecule has 100 valence electrons. The molecule has 0 radical (unpaired) electrons. The molecule has 1 aromatic carbocycles. The molecular formula is C15H17NO2S. The number of hydrogen-bond donors (Lipinski definition) is 1. The number of benzene rings is 1. The van der Waals surface area contributed by atoms with E-state index in [0.29, 0.717) is 22.9 Å². The van der Waals surface area contributed by atoms with Gasteiger partial charge in [0.05, 0.1) is 10.7 Å². The monoisotopic (exact) mass is 275 g/mol. The van der Waals surface area contributed by atoms with Gasteiger partial charge >= 0.3 is 5.97 Å². The quantitative estimate of drug-likeness (QED) is 0.906. The van der Waals surface area contributed by atoms with Crippen LogP contribution in [0.15, 0.2) is 30.3 Å². The fraction of sp³-hybridized carbons (Fsp3) is 0.333. The Labute approximate surface area is 116 Å². The zero-order valence-corrected chi connectivity index (χ0v) is 11.9. The van der Waals surface area contributed by atoms with Gasteiger partial charge in [0.15, 0.2) is 0 Å². The second-order valence-corrected chi connectivity index (χ2v) is 6.03. The first-order chi connectivity index (χ1) is 9.06. The maximum atomic E-state index is 11.3. The zero-order valence-electron chi connectivity index (χ0n) is 11.1. The third-order valence-corrected chi connectivity index (χ3v) is 3.84. The molecule has 0 fully saturated rings. The maximum absolute atomic E-state index is 11.3. The summed E-state index contributed by atoms with van der Waals surface area (Å²) in [5.74, 6) is -0.393. The molecule has 0 bridgehead atoms. The van der Waals surface area contributed by atoms with E-state index in [4.69, 9.17) is 0 Å². The molecule has 0 atom stereocenters. The highest BCUT2D eigenvalue weighted by molar-refractivity contribution is 7.13. The number of aromatic nitrogens is 1. The molecule has 4 heteroatoms. The average Bonchev–Trinajstić information content (AvgIpc) is 2.72. The van der Waals surface area contributed by atoms with Gasteiger partial charge in [0.25, 0.3) is 0 Å². The first-order valence-corrected chi connectivity index (χ1v) is 7.13. The van der Waals surface area contributed by atoms with Crippen LogP contribution in [0, 0.1) is 5.92 Å². The molecule has 0 saturated carbocycles. The highest BCUT2D eigenvalue weighted by Crippen LogP contribution is 2.23. The Morgan fingerprint density at radius 1 is 1.32 bits per heavy atom. The van der Waals surface area contributed by atoms with Crippen molar-refractivity contribution < 1.29 is 9.90 Å². The van der Waals surface area contributed by atoms with Gasteiger partial charge in [-0.3, -0.25) is 0 Å². The third kappa shape index (κ3) is 3.64. The molecule has 0 amide bonds. The number of carbonyl (C=O) groups is 1. The van der Waals surface area contributed by atoms with Crippen molar-refractivity contribution >= 4 is 17.3 Å². The van der Waals surface area contributed by atoms with Gasteiger partial charge in [-0.05, 0) is 11.5 Å². The van der Waals surface area contributed by atoms with Crippen LogP contribution in [-0.4, -0.2) is 16.1 Å². The van der Waals surface area contributed by atoms with Crippen molar-refractivity contribution in [3.05, 3.63) is 51.5 Å². The SMILES string of the molecule is CC(C)Cc1nc(Cc2ccccc2)c(C(=O)O)s1. The molecule has 1 heterocycles. The highest BCUT2D eigenvalue weighted by atomic mass is 32.1. The van der Waals surface area contributed by atoms with Crippen LogP contribution in [0.3, 0.4) is 0 Å². The Kier molecular flexibility index (Phi) is 4.32. The number of thiazole rings is 1. The average molecular weight is 275 g/mol. The Balaban J connectivity index is 2.27. The lowest BCUT2D eigenvalue weighted by Gasteiger charge is -2.00. The van der Waals surface area contributed by atoms with E-state index in [1.165, 1.54) is 11.3 Å². The zero-order chi connectivity index (χ0) is 13.8. The Hall–Kier alpha value is -1.68. The van der Waals surface area contributed by atoms with Gasteiger partial charge in [0.1, 0.15) is 4.88 Å². The molecule has 2 rings (SSSR count). The van der Waals surface area contributed by atoms with Crippen LogP contribution < -0.4 is 0 Å². The Morgan fingerprint density at radius 3 is 2.58 bits per heavy atom. The van der Waals surface area contributed by atoms with Crippen molar-refractivity contribution in [2.45, 2.75) is 26.7 Å². The fourth-order valence-electron chi connectivity index (χ4n) is 1.91. The number of rotatable bonds is 5. The predicted octanol–water partition coefficient (Wildman–Crippen LogP) is 3.63. The van der Waals surface area contributed by atoms with Crippen molar-refractivity contribution in [3.63, 3.8) is 0 Å². The smallest absolute Gasteiger partial charge is 0.347 e. The van der Waals surface area contributed by atoms with Crippen molar-refractivity contribution in [2.24, 2.45) is 5.92 Å². The van der Waals surface area contributed by atoms with Gasteiger partial charge in [-0.2, -0.15) is 0 Å². The first kappa shape index (κ1) is 13.7. The molecular weight excluding hydrogens is 258 g/mol. The normalized spacial score (nSPS) is 10.9. The van der Waals surface area contributed by atoms with Crippen LogP contribution in [0.1, 0.15) is 39.8 Å². The molecule has 1 aromatic heterocycles. The summed E-state index contributed by atoms with van der Waals surface area (Å²) in [7, 11) is 0. The van der Waals surface area contributed by atoms with Crippen LogP contribution in [0.25, 0.3) is 0 Å². The van der Waals surface area contributed by atoms with E-state index < -0.39 is 5.97 Å². The largest absolute Gasteiger partial charge is 0.477 e. The van der Waals surface area contributed by atoms with Gasteiger partial charge in [-0.15, -0.1) is 11.3 Å². The van der Waals surface area contributed by atoms with Crippen LogP contribution in [0.2, 0.25) is 0 Å². The fourth-order valence-corrected chi connectivity index (χ4v) is 3.04. The van der Waals surface area contributed by atoms with E-state index in [2.05, 4.69) is 18.8 Å². The van der Waals surface area contributed by atoms with E-state index in [1.807, 2.05) is 30.3 Å². The summed E-state index contributed by atoms with van der Waals surface area (Å²) in [4.78, 5) is 16.2. The van der Waals surface area contributed by atoms with E-state index in [1.54, 1.807) is 0 Å². The van der Waals surface area contributed by atoms with Crippen molar-refractivity contribution in [2.75, 3.05) is 0 Å². The molecule has 0 unspecified atom stereocenters. The summed E-state index contributed by atoms with van der Waals surface area (Å²) in [5, 5.41) is 10.2. The summed E-state index contributed by atoms with van der Waals surface area (Å²) < 4.78 is 0. The highest BCUT2D eigenvalue weighted by Gasteiger charge is 2.17. The van der Waals surface area contributed by atoms with Crippen molar-refractivity contribution in [1.82, 2.24) is 4.98 Å². The summed E-state index contributed by atoms with van der Waals surface area (Å²) in [6, 6.07) is 9.85. The van der Waals surface area contributed by atoms with E-state index in [0.717, 1.165) is 17.0 Å². The van der Waals surface area contributed by atoms with Gasteiger partial charge < -0.3 is 5.11 Å². The van der Waals surface area contributed by atoms with Crippen LogP contribution >= 0.6 is 11.3 Å².